The summed E-state index contributed by atoms with van der Waals surface area (Å²) in [4.78, 5) is 25.6. The number of benzene rings is 2. The minimum atomic E-state index is -1.34. The Kier molecular flexibility index (Phi) is 19.0. The largest absolute Gasteiger partial charge is 0.459 e. The summed E-state index contributed by atoms with van der Waals surface area (Å²) < 4.78 is 49.6. The fourth-order valence-electron chi connectivity index (χ4n) is 8.31. The van der Waals surface area contributed by atoms with Crippen molar-refractivity contribution in [3.8, 4) is 0 Å². The van der Waals surface area contributed by atoms with Crippen molar-refractivity contribution in [2.24, 2.45) is 35.5 Å². The number of carbonyl (C=O) groups is 2. The summed E-state index contributed by atoms with van der Waals surface area (Å²) in [5.41, 5.74) is 0.915. The summed E-state index contributed by atoms with van der Waals surface area (Å²) in [6.45, 7) is 16.6. The van der Waals surface area contributed by atoms with Gasteiger partial charge < -0.3 is 48.1 Å². The number of rotatable bonds is 21. The molecule has 3 aliphatic heterocycles. The van der Waals surface area contributed by atoms with Gasteiger partial charge in [0, 0.05) is 18.4 Å². The molecule has 12 nitrogen and oxygen atoms in total. The lowest BCUT2D eigenvalue weighted by molar-refractivity contribution is -0.353. The summed E-state index contributed by atoms with van der Waals surface area (Å²) in [6.07, 6.45) is 0.931. The maximum atomic E-state index is 12.8. The molecule has 0 aromatic heterocycles. The Morgan fingerprint density at radius 2 is 1.05 bits per heavy atom. The Balaban J connectivity index is 1.24. The van der Waals surface area contributed by atoms with Gasteiger partial charge in [0.05, 0.1) is 29.9 Å². The smallest absolute Gasteiger partial charge is 0.338 e. The second-order valence-corrected chi connectivity index (χ2v) is 17.2. The van der Waals surface area contributed by atoms with Crippen LogP contribution in [0.4, 0.5) is 0 Å². The highest BCUT2D eigenvalue weighted by Gasteiger charge is 2.50. The zero-order valence-corrected chi connectivity index (χ0v) is 36.5. The van der Waals surface area contributed by atoms with Crippen LogP contribution >= 0.6 is 0 Å². The average molecular weight is 839 g/mol. The summed E-state index contributed by atoms with van der Waals surface area (Å²) in [5.74, 6) is -0.672. The molecule has 3 aliphatic rings. The lowest BCUT2D eigenvalue weighted by Gasteiger charge is -2.48. The SMILES string of the molecule is C=CCCCCCCCCOC1OC(COC2OC(COC(=O)c3ccccc3)C(C)C(C)C2C)C(O)C(OC2OC(COC(=O)c3ccccc3)C(C)C(C)C2C)C1O. The van der Waals surface area contributed by atoms with E-state index in [4.69, 9.17) is 37.9 Å². The standard InChI is InChI=1S/C48H70O12/c1-8-9-10-11-12-13-14-21-26-53-48-42(50)43(60-47-35(7)31(3)33(5)39(58-47)28-55-45(52)37-24-19-16-20-25-37)41(49)40(59-48)29-56-46-34(6)30(2)32(4)38(57-46)27-54-44(51)36-22-17-15-18-23-36/h8,15-20,22-25,30-35,38-43,46-50H,1,9-14,21,26-29H2,2-7H3. The van der Waals surface area contributed by atoms with Crippen molar-refractivity contribution in [2.45, 2.75) is 142 Å². The van der Waals surface area contributed by atoms with Crippen LogP contribution in [0, 0.1) is 35.5 Å². The van der Waals surface area contributed by atoms with Gasteiger partial charge in [-0.1, -0.05) is 110 Å². The van der Waals surface area contributed by atoms with E-state index in [1.807, 2.05) is 25.1 Å². The Morgan fingerprint density at radius 1 is 0.567 bits per heavy atom. The lowest BCUT2D eigenvalue weighted by Crippen LogP contribution is -2.62. The molecule has 60 heavy (non-hydrogen) atoms. The number of esters is 2. The minimum Gasteiger partial charge on any atom is -0.459 e. The Morgan fingerprint density at radius 3 is 1.60 bits per heavy atom. The molecule has 5 rings (SSSR count). The van der Waals surface area contributed by atoms with E-state index in [9.17, 15) is 19.8 Å². The van der Waals surface area contributed by atoms with Crippen LogP contribution in [-0.4, -0.2) is 104 Å². The molecular weight excluding hydrogens is 769 g/mol. The van der Waals surface area contributed by atoms with Crippen molar-refractivity contribution in [2.75, 3.05) is 26.4 Å². The van der Waals surface area contributed by atoms with Gasteiger partial charge in [-0.15, -0.1) is 6.58 Å². The lowest BCUT2D eigenvalue weighted by atomic mass is 9.79. The molecule has 12 heteroatoms. The molecule has 2 aromatic carbocycles. The maximum Gasteiger partial charge on any atom is 0.338 e. The quantitative estimate of drug-likeness (QED) is 0.0720. The summed E-state index contributed by atoms with van der Waals surface area (Å²) in [7, 11) is 0. The number of carbonyl (C=O) groups excluding carboxylic acids is 2. The van der Waals surface area contributed by atoms with Crippen LogP contribution in [0.15, 0.2) is 73.3 Å². The molecule has 0 radical (unpaired) electrons. The Labute approximate surface area is 357 Å². The highest BCUT2D eigenvalue weighted by molar-refractivity contribution is 5.89. The molecule has 334 valence electrons. The molecule has 0 saturated carbocycles. The summed E-state index contributed by atoms with van der Waals surface area (Å²) in [6, 6.07) is 17.6. The average Bonchev–Trinajstić information content (AvgIpc) is 3.26. The van der Waals surface area contributed by atoms with E-state index in [1.165, 1.54) is 0 Å². The fraction of sp³-hybridized carbons (Fsp3) is 0.667. The third-order valence-corrected chi connectivity index (χ3v) is 13.2. The number of hydrogen-bond donors (Lipinski definition) is 2. The zero-order valence-electron chi connectivity index (χ0n) is 36.5. The van der Waals surface area contributed by atoms with Gasteiger partial charge in [-0.3, -0.25) is 0 Å². The van der Waals surface area contributed by atoms with Crippen molar-refractivity contribution < 1.29 is 57.7 Å². The van der Waals surface area contributed by atoms with Gasteiger partial charge in [0.1, 0.15) is 37.6 Å². The molecule has 0 bridgehead atoms. The molecule has 15 atom stereocenters. The highest BCUT2D eigenvalue weighted by Crippen LogP contribution is 2.39. The first-order valence-corrected chi connectivity index (χ1v) is 22.2. The second-order valence-electron chi connectivity index (χ2n) is 17.2. The van der Waals surface area contributed by atoms with Crippen LogP contribution in [0.25, 0.3) is 0 Å². The molecule has 0 spiro atoms. The van der Waals surface area contributed by atoms with Crippen LogP contribution in [0.3, 0.4) is 0 Å². The second kappa shape index (κ2) is 23.9. The fourth-order valence-corrected chi connectivity index (χ4v) is 8.31. The summed E-state index contributed by atoms with van der Waals surface area (Å²) in [5, 5.41) is 23.6. The Bertz CT molecular complexity index is 1580. The molecule has 3 fully saturated rings. The minimum absolute atomic E-state index is 0.0181. The van der Waals surface area contributed by atoms with E-state index in [0.717, 1.165) is 44.9 Å². The number of ether oxygens (including phenoxy) is 8. The third kappa shape index (κ3) is 12.9. The zero-order chi connectivity index (χ0) is 43.2. The number of hydrogen-bond acceptors (Lipinski definition) is 12. The molecule has 0 amide bonds. The van der Waals surface area contributed by atoms with E-state index in [-0.39, 0.29) is 55.3 Å². The molecule has 2 N–H and O–H groups in total. The van der Waals surface area contributed by atoms with Crippen LogP contribution < -0.4 is 0 Å². The van der Waals surface area contributed by atoms with Gasteiger partial charge in [-0.25, -0.2) is 9.59 Å². The van der Waals surface area contributed by atoms with E-state index < -0.39 is 67.4 Å². The predicted octanol–water partition coefficient (Wildman–Crippen LogP) is 7.75. The molecule has 2 aromatic rings. The van der Waals surface area contributed by atoms with E-state index in [2.05, 4.69) is 41.2 Å². The van der Waals surface area contributed by atoms with Gasteiger partial charge in [0.15, 0.2) is 18.9 Å². The first-order chi connectivity index (χ1) is 28.9. The topological polar surface area (TPSA) is 148 Å². The molecule has 3 saturated heterocycles. The van der Waals surface area contributed by atoms with Crippen LogP contribution in [0.2, 0.25) is 0 Å². The molecular formula is C48H70O12. The van der Waals surface area contributed by atoms with Gasteiger partial charge in [0.2, 0.25) is 0 Å². The van der Waals surface area contributed by atoms with Crippen molar-refractivity contribution in [3.63, 3.8) is 0 Å². The number of aliphatic hydroxyl groups excluding tert-OH is 2. The van der Waals surface area contributed by atoms with E-state index >= 15 is 0 Å². The highest BCUT2D eigenvalue weighted by atomic mass is 16.7. The first kappa shape index (κ1) is 47.8. The third-order valence-electron chi connectivity index (χ3n) is 13.2. The van der Waals surface area contributed by atoms with Gasteiger partial charge >= 0.3 is 11.9 Å². The first-order valence-electron chi connectivity index (χ1n) is 22.2. The van der Waals surface area contributed by atoms with E-state index in [1.54, 1.807) is 48.5 Å². The van der Waals surface area contributed by atoms with Crippen LogP contribution in [0.5, 0.6) is 0 Å². The number of unbranched alkanes of at least 4 members (excludes halogenated alkanes) is 6. The van der Waals surface area contributed by atoms with Crippen molar-refractivity contribution in [3.05, 3.63) is 84.4 Å². The van der Waals surface area contributed by atoms with Crippen molar-refractivity contribution in [1.82, 2.24) is 0 Å². The van der Waals surface area contributed by atoms with Crippen molar-refractivity contribution in [1.29, 1.82) is 0 Å². The van der Waals surface area contributed by atoms with Gasteiger partial charge in [-0.2, -0.15) is 0 Å². The van der Waals surface area contributed by atoms with E-state index in [0.29, 0.717) is 17.7 Å². The monoisotopic (exact) mass is 838 g/mol. The molecule has 15 unspecified atom stereocenters. The number of allylic oxidation sites excluding steroid dienone is 1. The van der Waals surface area contributed by atoms with Crippen LogP contribution in [0.1, 0.15) is 107 Å². The van der Waals surface area contributed by atoms with Gasteiger partial charge in [0.25, 0.3) is 0 Å². The predicted molar refractivity (Wildman–Crippen MR) is 226 cm³/mol. The van der Waals surface area contributed by atoms with Crippen LogP contribution in [-0.2, 0) is 37.9 Å². The normalized spacial score (nSPS) is 34.4. The van der Waals surface area contributed by atoms with Gasteiger partial charge in [-0.05, 0) is 67.2 Å². The maximum absolute atomic E-state index is 12.8. The molecule has 0 aliphatic carbocycles. The van der Waals surface area contributed by atoms with Crippen molar-refractivity contribution >= 4 is 11.9 Å². The number of aliphatic hydroxyl groups is 2. The molecule has 3 heterocycles. The summed E-state index contributed by atoms with van der Waals surface area (Å²) >= 11 is 0. The Hall–Kier alpha value is -3.20.